The monoisotopic (exact) mass is 281 g/mol. The van der Waals surface area contributed by atoms with Crippen molar-refractivity contribution in [1.82, 2.24) is 5.32 Å². The highest BCUT2D eigenvalue weighted by Gasteiger charge is 2.27. The molecular weight excluding hydrogens is 254 g/mol. The lowest BCUT2D eigenvalue weighted by atomic mass is 9.75. The van der Waals surface area contributed by atoms with Crippen molar-refractivity contribution in [3.63, 3.8) is 0 Å². The van der Waals surface area contributed by atoms with Crippen molar-refractivity contribution >= 4 is 10.8 Å². The standard InChI is InChI=1S/C20H27N/c1-3-15-11-13-17(14-12-15)20(21-2)19-10-6-8-16-7-4-5-9-18(16)19/h4-10,15,17,20-21H,3,11-14H2,1-2H3. The SMILES string of the molecule is CCC1CCC(C(NC)c2cccc3ccccc23)CC1. The lowest BCUT2D eigenvalue weighted by molar-refractivity contribution is 0.225. The van der Waals surface area contributed by atoms with E-state index >= 15 is 0 Å². The van der Waals surface area contributed by atoms with E-state index in [1.54, 1.807) is 0 Å². The van der Waals surface area contributed by atoms with Crippen LogP contribution < -0.4 is 5.32 Å². The lowest BCUT2D eigenvalue weighted by Gasteiger charge is -2.34. The van der Waals surface area contributed by atoms with Crippen molar-refractivity contribution in [1.29, 1.82) is 0 Å². The van der Waals surface area contributed by atoms with Gasteiger partial charge in [-0.2, -0.15) is 0 Å². The van der Waals surface area contributed by atoms with Crippen LogP contribution in [0.3, 0.4) is 0 Å². The first-order valence-corrected chi connectivity index (χ1v) is 8.48. The zero-order valence-corrected chi connectivity index (χ0v) is 13.3. The Labute approximate surface area is 128 Å². The molecule has 0 aliphatic heterocycles. The van der Waals surface area contributed by atoms with E-state index in [9.17, 15) is 0 Å². The van der Waals surface area contributed by atoms with Gasteiger partial charge in [0.05, 0.1) is 0 Å². The molecule has 3 rings (SSSR count). The average Bonchev–Trinajstić information content (AvgIpc) is 2.56. The van der Waals surface area contributed by atoms with Gasteiger partial charge in [-0.1, -0.05) is 68.7 Å². The minimum Gasteiger partial charge on any atom is -0.313 e. The molecule has 21 heavy (non-hydrogen) atoms. The fourth-order valence-electron chi connectivity index (χ4n) is 4.10. The van der Waals surface area contributed by atoms with Crippen LogP contribution in [0.4, 0.5) is 0 Å². The molecule has 0 aromatic heterocycles. The third kappa shape index (κ3) is 2.98. The topological polar surface area (TPSA) is 12.0 Å². The Morgan fingerprint density at radius 1 is 1.00 bits per heavy atom. The molecule has 0 amide bonds. The van der Waals surface area contributed by atoms with Crippen LogP contribution in [0.15, 0.2) is 42.5 Å². The van der Waals surface area contributed by atoms with Gasteiger partial charge in [0, 0.05) is 6.04 Å². The van der Waals surface area contributed by atoms with Gasteiger partial charge in [0.25, 0.3) is 0 Å². The van der Waals surface area contributed by atoms with E-state index in [2.05, 4.69) is 61.8 Å². The normalized spacial score (nSPS) is 24.1. The van der Waals surface area contributed by atoms with Crippen molar-refractivity contribution in [3.8, 4) is 0 Å². The summed E-state index contributed by atoms with van der Waals surface area (Å²) in [4.78, 5) is 0. The fraction of sp³-hybridized carbons (Fsp3) is 0.500. The van der Waals surface area contributed by atoms with Gasteiger partial charge in [0.15, 0.2) is 0 Å². The highest BCUT2D eigenvalue weighted by atomic mass is 14.9. The maximum absolute atomic E-state index is 3.61. The molecule has 1 nitrogen and oxygen atoms in total. The van der Waals surface area contributed by atoms with Crippen LogP contribution in [0.25, 0.3) is 10.8 Å². The summed E-state index contributed by atoms with van der Waals surface area (Å²) in [6, 6.07) is 16.0. The Bertz CT molecular complexity index is 576. The summed E-state index contributed by atoms with van der Waals surface area (Å²) in [6.07, 6.45) is 6.90. The van der Waals surface area contributed by atoms with Crippen LogP contribution >= 0.6 is 0 Å². The van der Waals surface area contributed by atoms with Gasteiger partial charge in [-0.05, 0) is 48.1 Å². The first kappa shape index (κ1) is 14.6. The van der Waals surface area contributed by atoms with Gasteiger partial charge >= 0.3 is 0 Å². The Kier molecular flexibility index (Phi) is 4.60. The average molecular weight is 281 g/mol. The Balaban J connectivity index is 1.88. The summed E-state index contributed by atoms with van der Waals surface area (Å²) in [5.74, 6) is 1.75. The van der Waals surface area contributed by atoms with E-state index in [0.717, 1.165) is 11.8 Å². The molecule has 0 spiro atoms. The second kappa shape index (κ2) is 6.62. The van der Waals surface area contributed by atoms with Crippen molar-refractivity contribution < 1.29 is 0 Å². The Morgan fingerprint density at radius 3 is 2.43 bits per heavy atom. The van der Waals surface area contributed by atoms with E-state index < -0.39 is 0 Å². The first-order chi connectivity index (χ1) is 10.3. The van der Waals surface area contributed by atoms with Crippen LogP contribution in [-0.4, -0.2) is 7.05 Å². The molecule has 1 aliphatic carbocycles. The van der Waals surface area contributed by atoms with Gasteiger partial charge in [-0.25, -0.2) is 0 Å². The molecule has 0 radical (unpaired) electrons. The van der Waals surface area contributed by atoms with Crippen LogP contribution in [0.5, 0.6) is 0 Å². The zero-order valence-electron chi connectivity index (χ0n) is 13.3. The van der Waals surface area contributed by atoms with Crippen LogP contribution in [0.2, 0.25) is 0 Å². The number of hydrogen-bond acceptors (Lipinski definition) is 1. The smallest absolute Gasteiger partial charge is 0.0352 e. The largest absolute Gasteiger partial charge is 0.313 e. The Hall–Kier alpha value is -1.34. The minimum atomic E-state index is 0.494. The van der Waals surface area contributed by atoms with E-state index in [1.807, 2.05) is 0 Å². The Morgan fingerprint density at radius 2 is 1.71 bits per heavy atom. The summed E-state index contributed by atoms with van der Waals surface area (Å²) in [6.45, 7) is 2.34. The molecule has 112 valence electrons. The number of nitrogens with one attached hydrogen (secondary N) is 1. The van der Waals surface area contributed by atoms with Gasteiger partial charge in [0.1, 0.15) is 0 Å². The van der Waals surface area contributed by atoms with Crippen LogP contribution in [-0.2, 0) is 0 Å². The predicted octanol–water partition coefficient (Wildman–Crippen LogP) is 5.32. The molecule has 0 bridgehead atoms. The molecule has 1 fully saturated rings. The highest BCUT2D eigenvalue weighted by Crippen LogP contribution is 2.39. The number of benzene rings is 2. The molecule has 1 heteroatoms. The summed E-state index contributed by atoms with van der Waals surface area (Å²) in [5, 5.41) is 6.39. The molecule has 1 aliphatic rings. The van der Waals surface area contributed by atoms with E-state index in [0.29, 0.717) is 6.04 Å². The number of fused-ring (bicyclic) bond motifs is 1. The molecule has 2 aromatic carbocycles. The molecule has 1 unspecified atom stereocenters. The second-order valence-electron chi connectivity index (χ2n) is 6.52. The summed E-state index contributed by atoms with van der Waals surface area (Å²) in [7, 11) is 2.12. The molecule has 1 N–H and O–H groups in total. The fourth-order valence-corrected chi connectivity index (χ4v) is 4.10. The molecule has 0 saturated heterocycles. The van der Waals surface area contributed by atoms with Crippen LogP contribution in [0.1, 0.15) is 50.6 Å². The number of rotatable bonds is 4. The predicted molar refractivity (Wildman–Crippen MR) is 91.5 cm³/mol. The van der Waals surface area contributed by atoms with Crippen molar-refractivity contribution in [3.05, 3.63) is 48.0 Å². The third-order valence-corrected chi connectivity index (χ3v) is 5.41. The highest BCUT2D eigenvalue weighted by molar-refractivity contribution is 5.86. The minimum absolute atomic E-state index is 0.494. The summed E-state index contributed by atoms with van der Waals surface area (Å²) >= 11 is 0. The molecule has 1 atom stereocenters. The molecular formula is C20H27N. The molecule has 1 saturated carbocycles. The van der Waals surface area contributed by atoms with Gasteiger partial charge < -0.3 is 5.32 Å². The maximum atomic E-state index is 3.61. The van der Waals surface area contributed by atoms with Crippen LogP contribution in [0, 0.1) is 11.8 Å². The lowest BCUT2D eigenvalue weighted by Crippen LogP contribution is -2.28. The quantitative estimate of drug-likeness (QED) is 0.800. The molecule has 2 aromatic rings. The zero-order chi connectivity index (χ0) is 14.7. The summed E-state index contributed by atoms with van der Waals surface area (Å²) < 4.78 is 0. The van der Waals surface area contributed by atoms with Crippen molar-refractivity contribution in [2.45, 2.75) is 45.1 Å². The van der Waals surface area contributed by atoms with Gasteiger partial charge in [0.2, 0.25) is 0 Å². The van der Waals surface area contributed by atoms with Crippen molar-refractivity contribution in [2.24, 2.45) is 11.8 Å². The maximum Gasteiger partial charge on any atom is 0.0352 e. The van der Waals surface area contributed by atoms with E-state index in [4.69, 9.17) is 0 Å². The van der Waals surface area contributed by atoms with Crippen molar-refractivity contribution in [2.75, 3.05) is 7.05 Å². The van der Waals surface area contributed by atoms with E-state index in [1.165, 1.54) is 48.4 Å². The second-order valence-corrected chi connectivity index (χ2v) is 6.52. The van der Waals surface area contributed by atoms with E-state index in [-0.39, 0.29) is 0 Å². The first-order valence-electron chi connectivity index (χ1n) is 8.48. The molecule has 0 heterocycles. The van der Waals surface area contributed by atoms with Gasteiger partial charge in [-0.3, -0.25) is 0 Å². The number of hydrogen-bond donors (Lipinski definition) is 1. The van der Waals surface area contributed by atoms with Gasteiger partial charge in [-0.15, -0.1) is 0 Å². The summed E-state index contributed by atoms with van der Waals surface area (Å²) in [5.41, 5.74) is 1.48. The third-order valence-electron chi connectivity index (χ3n) is 5.41.